The van der Waals surface area contributed by atoms with Crippen molar-refractivity contribution >= 4 is 10.9 Å². The lowest BCUT2D eigenvalue weighted by molar-refractivity contribution is 1.19. The molecule has 0 fully saturated rings. The van der Waals surface area contributed by atoms with Gasteiger partial charge in [0, 0.05) is 23.1 Å². The Hall–Kier alpha value is -1.96. The number of nitrogens with one attached hydrogen (secondary N) is 2. The molecule has 0 atom stereocenters. The van der Waals surface area contributed by atoms with Crippen LogP contribution in [0.3, 0.4) is 0 Å². The Labute approximate surface area is 95.3 Å². The van der Waals surface area contributed by atoms with Gasteiger partial charge in [0.25, 0.3) is 0 Å². The summed E-state index contributed by atoms with van der Waals surface area (Å²) < 4.78 is 0. The number of rotatable bonds is 0. The first-order valence-electron chi connectivity index (χ1n) is 5.40. The summed E-state index contributed by atoms with van der Waals surface area (Å²) in [5.41, 5.74) is 3.67. The van der Waals surface area contributed by atoms with E-state index in [4.69, 9.17) is 0 Å². The van der Waals surface area contributed by atoms with Crippen molar-refractivity contribution in [2.45, 2.75) is 13.8 Å². The van der Waals surface area contributed by atoms with Crippen molar-refractivity contribution in [1.82, 2.24) is 9.97 Å². The van der Waals surface area contributed by atoms with E-state index in [0.29, 0.717) is 0 Å². The summed E-state index contributed by atoms with van der Waals surface area (Å²) in [4.78, 5) is 6.26. The number of benzene rings is 1. The first kappa shape index (κ1) is 10.6. The highest BCUT2D eigenvalue weighted by Crippen LogP contribution is 2.09. The van der Waals surface area contributed by atoms with E-state index in [1.165, 1.54) is 22.3 Å². The molecule has 1 aromatic carbocycles. The Kier molecular flexibility index (Phi) is 3.10. The largest absolute Gasteiger partial charge is 0.363 e. The predicted octanol–water partition coefficient (Wildman–Crippen LogP) is 3.80. The molecule has 0 aliphatic carbocycles. The smallest absolute Gasteiger partial charge is 0.0453 e. The van der Waals surface area contributed by atoms with Crippen molar-refractivity contribution in [2.24, 2.45) is 0 Å². The van der Waals surface area contributed by atoms with E-state index < -0.39 is 0 Å². The third kappa shape index (κ3) is 2.54. The van der Waals surface area contributed by atoms with Gasteiger partial charge in [-0.05, 0) is 43.5 Å². The molecule has 3 aromatic rings. The molecule has 2 N–H and O–H groups in total. The van der Waals surface area contributed by atoms with Crippen LogP contribution in [0.4, 0.5) is 0 Å². The minimum Gasteiger partial charge on any atom is -0.363 e. The van der Waals surface area contributed by atoms with Gasteiger partial charge in [-0.1, -0.05) is 18.2 Å². The summed E-state index contributed by atoms with van der Waals surface area (Å²) in [6.07, 6.45) is 1.95. The van der Waals surface area contributed by atoms with Crippen LogP contribution in [0.5, 0.6) is 0 Å². The van der Waals surface area contributed by atoms with Gasteiger partial charge in [-0.15, -0.1) is 0 Å². The van der Waals surface area contributed by atoms with Crippen LogP contribution >= 0.6 is 0 Å². The molecule has 0 saturated heterocycles. The normalized spacial score (nSPS) is 9.88. The van der Waals surface area contributed by atoms with Crippen molar-refractivity contribution in [3.05, 3.63) is 60.0 Å². The van der Waals surface area contributed by atoms with E-state index in [1.807, 2.05) is 32.2 Å². The van der Waals surface area contributed by atoms with Gasteiger partial charge in [-0.25, -0.2) is 0 Å². The van der Waals surface area contributed by atoms with Gasteiger partial charge >= 0.3 is 0 Å². The molecule has 2 nitrogen and oxygen atoms in total. The van der Waals surface area contributed by atoms with Crippen LogP contribution in [0.2, 0.25) is 0 Å². The van der Waals surface area contributed by atoms with Gasteiger partial charge in [0.15, 0.2) is 0 Å². The molecule has 2 aromatic heterocycles. The quantitative estimate of drug-likeness (QED) is 0.568. The number of H-pyrrole nitrogens is 2. The topological polar surface area (TPSA) is 31.6 Å². The van der Waals surface area contributed by atoms with Gasteiger partial charge < -0.3 is 9.97 Å². The molecule has 3 rings (SSSR count). The first-order chi connectivity index (χ1) is 7.75. The first-order valence-corrected chi connectivity index (χ1v) is 5.40. The summed E-state index contributed by atoms with van der Waals surface area (Å²) in [5.74, 6) is 0. The molecule has 2 heterocycles. The molecule has 2 heteroatoms. The monoisotopic (exact) mass is 212 g/mol. The Morgan fingerprint density at radius 1 is 0.812 bits per heavy atom. The highest BCUT2D eigenvalue weighted by molar-refractivity contribution is 5.78. The molecule has 0 amide bonds. The maximum atomic E-state index is 3.14. The highest BCUT2D eigenvalue weighted by Gasteiger charge is 1.86. The van der Waals surface area contributed by atoms with Crippen LogP contribution in [-0.4, -0.2) is 9.97 Å². The lowest BCUT2D eigenvalue weighted by atomic mass is 10.3. The zero-order valence-electron chi connectivity index (χ0n) is 9.62. The van der Waals surface area contributed by atoms with Crippen LogP contribution in [0, 0.1) is 13.8 Å². The second kappa shape index (κ2) is 4.71. The van der Waals surface area contributed by atoms with Crippen molar-refractivity contribution in [1.29, 1.82) is 0 Å². The molecule has 0 spiro atoms. The average Bonchev–Trinajstić information content (AvgIpc) is 2.88. The van der Waals surface area contributed by atoms with Crippen LogP contribution in [0.25, 0.3) is 10.9 Å². The highest BCUT2D eigenvalue weighted by atomic mass is 14.7. The fourth-order valence-electron chi connectivity index (χ4n) is 1.64. The lowest BCUT2D eigenvalue weighted by Crippen LogP contribution is -1.67. The standard InChI is InChI=1S/C8H7N.C6H9N/c1-2-4-8-7(3-1)5-6-9-8;1-5-3-4-6(2)7-5/h1-6,9H;3-4,7H,1-2H3. The molecule has 16 heavy (non-hydrogen) atoms. The second-order valence-corrected chi connectivity index (χ2v) is 3.89. The van der Waals surface area contributed by atoms with Gasteiger partial charge in [0.05, 0.1) is 0 Å². The molecule has 0 bridgehead atoms. The minimum absolute atomic E-state index is 1.21. The van der Waals surface area contributed by atoms with E-state index >= 15 is 0 Å². The number of aromatic amines is 2. The molecule has 0 unspecified atom stereocenters. The lowest BCUT2D eigenvalue weighted by Gasteiger charge is -1.83. The van der Waals surface area contributed by atoms with E-state index in [0.717, 1.165) is 0 Å². The summed E-state index contributed by atoms with van der Waals surface area (Å²) in [6, 6.07) is 14.4. The van der Waals surface area contributed by atoms with E-state index in [2.05, 4.69) is 40.3 Å². The number of para-hydroxylation sites is 1. The third-order valence-electron chi connectivity index (χ3n) is 2.44. The zero-order valence-corrected chi connectivity index (χ0v) is 9.62. The van der Waals surface area contributed by atoms with E-state index in [-0.39, 0.29) is 0 Å². The van der Waals surface area contributed by atoms with Crippen LogP contribution < -0.4 is 0 Å². The summed E-state index contributed by atoms with van der Waals surface area (Å²) in [5, 5.41) is 1.28. The fraction of sp³-hybridized carbons (Fsp3) is 0.143. The molecule has 0 radical (unpaired) electrons. The number of aromatic nitrogens is 2. The van der Waals surface area contributed by atoms with E-state index in [9.17, 15) is 0 Å². The Bertz CT molecular complexity index is 514. The average molecular weight is 212 g/mol. The summed E-state index contributed by atoms with van der Waals surface area (Å²) in [7, 11) is 0. The molecule has 82 valence electrons. The van der Waals surface area contributed by atoms with Crippen molar-refractivity contribution < 1.29 is 0 Å². The Morgan fingerprint density at radius 2 is 1.50 bits per heavy atom. The fourth-order valence-corrected chi connectivity index (χ4v) is 1.64. The van der Waals surface area contributed by atoms with Gasteiger partial charge in [0.2, 0.25) is 0 Å². The van der Waals surface area contributed by atoms with Gasteiger partial charge in [0.1, 0.15) is 0 Å². The molecule has 0 aliphatic rings. The van der Waals surface area contributed by atoms with Crippen molar-refractivity contribution in [2.75, 3.05) is 0 Å². The van der Waals surface area contributed by atoms with Crippen LogP contribution in [-0.2, 0) is 0 Å². The molecule has 0 saturated carbocycles. The minimum atomic E-state index is 1.21. The zero-order chi connectivity index (χ0) is 11.4. The number of hydrogen-bond acceptors (Lipinski definition) is 0. The number of aryl methyl sites for hydroxylation is 2. The summed E-state index contributed by atoms with van der Waals surface area (Å²) >= 11 is 0. The third-order valence-corrected chi connectivity index (χ3v) is 2.44. The Morgan fingerprint density at radius 3 is 2.06 bits per heavy atom. The van der Waals surface area contributed by atoms with Gasteiger partial charge in [-0.3, -0.25) is 0 Å². The van der Waals surface area contributed by atoms with Crippen LogP contribution in [0.1, 0.15) is 11.4 Å². The summed E-state index contributed by atoms with van der Waals surface area (Å²) in [6.45, 7) is 4.10. The number of fused-ring (bicyclic) bond motifs is 1. The predicted molar refractivity (Wildman–Crippen MR) is 68.6 cm³/mol. The maximum Gasteiger partial charge on any atom is 0.0453 e. The van der Waals surface area contributed by atoms with Crippen molar-refractivity contribution in [3.8, 4) is 0 Å². The Balaban J connectivity index is 0.000000125. The SMILES string of the molecule is Cc1ccc(C)[nH]1.c1ccc2[nH]ccc2c1. The maximum absolute atomic E-state index is 3.14. The van der Waals surface area contributed by atoms with Crippen LogP contribution in [0.15, 0.2) is 48.7 Å². The number of hydrogen-bond donors (Lipinski definition) is 2. The van der Waals surface area contributed by atoms with E-state index in [1.54, 1.807) is 0 Å². The molecular weight excluding hydrogens is 196 g/mol. The van der Waals surface area contributed by atoms with Crippen molar-refractivity contribution in [3.63, 3.8) is 0 Å². The second-order valence-electron chi connectivity index (χ2n) is 3.89. The molecular formula is C14H16N2. The van der Waals surface area contributed by atoms with Gasteiger partial charge in [-0.2, -0.15) is 0 Å². The molecule has 0 aliphatic heterocycles.